The number of hydrogen-bond acceptors (Lipinski definition) is 5. The van der Waals surface area contributed by atoms with Gasteiger partial charge in [-0.3, -0.25) is 10.5 Å². The fraction of sp³-hybridized carbons (Fsp3) is 0.333. The summed E-state index contributed by atoms with van der Waals surface area (Å²) >= 11 is 3.21. The van der Waals surface area contributed by atoms with Gasteiger partial charge in [0, 0.05) is 5.56 Å². The summed E-state index contributed by atoms with van der Waals surface area (Å²) in [5.41, 5.74) is 5.62. The third-order valence-corrected chi connectivity index (χ3v) is 2.52. The van der Waals surface area contributed by atoms with Crippen molar-refractivity contribution in [2.45, 2.75) is 11.8 Å². The topological polar surface area (TPSA) is 78.6 Å². The minimum Gasteiger partial charge on any atom is -0.482 e. The van der Waals surface area contributed by atoms with E-state index in [9.17, 15) is 9.59 Å². The van der Waals surface area contributed by atoms with Crippen molar-refractivity contribution in [2.24, 2.45) is 5.73 Å². The Morgan fingerprint density at radius 3 is 2.44 bits per heavy atom. The van der Waals surface area contributed by atoms with Crippen LogP contribution in [0, 0.1) is 0 Å². The SMILES string of the molecule is CC(Br)C(=O)c1ccc(OCC(=O)OCN)cc1. The zero-order valence-electron chi connectivity index (χ0n) is 9.89. The number of carbonyl (C=O) groups excluding carboxylic acids is 2. The highest BCUT2D eigenvalue weighted by atomic mass is 79.9. The van der Waals surface area contributed by atoms with Gasteiger partial charge in [0.05, 0.1) is 4.83 Å². The van der Waals surface area contributed by atoms with Crippen LogP contribution in [0.4, 0.5) is 0 Å². The Hall–Kier alpha value is -1.40. The van der Waals surface area contributed by atoms with Crippen LogP contribution < -0.4 is 10.5 Å². The van der Waals surface area contributed by atoms with Crippen molar-refractivity contribution in [1.29, 1.82) is 0 Å². The summed E-state index contributed by atoms with van der Waals surface area (Å²) in [7, 11) is 0. The maximum atomic E-state index is 11.6. The average molecular weight is 316 g/mol. The minimum absolute atomic E-state index is 0.0101. The molecule has 0 aromatic heterocycles. The van der Waals surface area contributed by atoms with Gasteiger partial charge in [0.15, 0.2) is 12.4 Å². The Morgan fingerprint density at radius 1 is 1.33 bits per heavy atom. The molecule has 18 heavy (non-hydrogen) atoms. The van der Waals surface area contributed by atoms with Crippen LogP contribution in [0.3, 0.4) is 0 Å². The maximum Gasteiger partial charge on any atom is 0.345 e. The fourth-order valence-electron chi connectivity index (χ4n) is 1.22. The second-order valence-electron chi connectivity index (χ2n) is 3.48. The van der Waals surface area contributed by atoms with E-state index in [1.54, 1.807) is 31.2 Å². The summed E-state index contributed by atoms with van der Waals surface area (Å²) < 4.78 is 9.67. The zero-order chi connectivity index (χ0) is 13.5. The van der Waals surface area contributed by atoms with E-state index in [1.165, 1.54) is 0 Å². The summed E-state index contributed by atoms with van der Waals surface area (Å²) in [6.07, 6.45) is 0. The van der Waals surface area contributed by atoms with Crippen LogP contribution in [0.2, 0.25) is 0 Å². The molecule has 0 aliphatic rings. The number of halogens is 1. The maximum absolute atomic E-state index is 11.6. The second-order valence-corrected chi connectivity index (χ2v) is 4.85. The monoisotopic (exact) mass is 315 g/mol. The van der Waals surface area contributed by atoms with Gasteiger partial charge in [-0.25, -0.2) is 4.79 Å². The molecule has 1 aromatic carbocycles. The highest BCUT2D eigenvalue weighted by molar-refractivity contribution is 9.10. The first-order valence-electron chi connectivity index (χ1n) is 5.31. The molecule has 1 rings (SSSR count). The Kier molecular flexibility index (Phi) is 5.80. The Bertz CT molecular complexity index is 417. The van der Waals surface area contributed by atoms with Crippen LogP contribution >= 0.6 is 15.9 Å². The summed E-state index contributed by atoms with van der Waals surface area (Å²) in [5.74, 6) is -0.0569. The van der Waals surface area contributed by atoms with E-state index in [1.807, 2.05) is 0 Å². The fourth-order valence-corrected chi connectivity index (χ4v) is 1.49. The van der Waals surface area contributed by atoms with Gasteiger partial charge in [-0.2, -0.15) is 0 Å². The van der Waals surface area contributed by atoms with Crippen molar-refractivity contribution in [1.82, 2.24) is 0 Å². The summed E-state index contributed by atoms with van der Waals surface area (Å²) in [6, 6.07) is 6.53. The average Bonchev–Trinajstić information content (AvgIpc) is 2.36. The summed E-state index contributed by atoms with van der Waals surface area (Å²) in [6.45, 7) is 1.38. The molecule has 0 saturated heterocycles. The van der Waals surface area contributed by atoms with Gasteiger partial charge in [-0.15, -0.1) is 0 Å². The molecule has 0 fully saturated rings. The number of hydrogen-bond donors (Lipinski definition) is 1. The molecule has 1 unspecified atom stereocenters. The van der Waals surface area contributed by atoms with Gasteiger partial charge in [0.25, 0.3) is 0 Å². The standard InChI is InChI=1S/C12H14BrNO4/c1-8(13)12(16)9-2-4-10(5-3-9)17-6-11(15)18-7-14/h2-5,8H,6-7,14H2,1H3. The number of ether oxygens (including phenoxy) is 2. The lowest BCUT2D eigenvalue weighted by Crippen LogP contribution is -2.18. The highest BCUT2D eigenvalue weighted by Gasteiger charge is 2.11. The molecule has 0 bridgehead atoms. The van der Waals surface area contributed by atoms with Gasteiger partial charge in [-0.05, 0) is 31.2 Å². The first-order chi connectivity index (χ1) is 8.54. The van der Waals surface area contributed by atoms with E-state index in [4.69, 9.17) is 10.5 Å². The van der Waals surface area contributed by atoms with Gasteiger partial charge in [-0.1, -0.05) is 15.9 Å². The van der Waals surface area contributed by atoms with Gasteiger partial charge >= 0.3 is 5.97 Å². The first kappa shape index (κ1) is 14.7. The van der Waals surface area contributed by atoms with E-state index in [-0.39, 0.29) is 23.9 Å². The smallest absolute Gasteiger partial charge is 0.345 e. The largest absolute Gasteiger partial charge is 0.482 e. The van der Waals surface area contributed by atoms with Crippen molar-refractivity contribution in [3.8, 4) is 5.75 Å². The van der Waals surface area contributed by atoms with Crippen LogP contribution in [0.1, 0.15) is 17.3 Å². The number of ketones is 1. The molecule has 0 heterocycles. The second kappa shape index (κ2) is 7.13. The molecule has 0 aliphatic carbocycles. The van der Waals surface area contributed by atoms with Crippen molar-refractivity contribution < 1.29 is 19.1 Å². The van der Waals surface area contributed by atoms with E-state index < -0.39 is 5.97 Å². The lowest BCUT2D eigenvalue weighted by Gasteiger charge is -2.07. The van der Waals surface area contributed by atoms with Crippen LogP contribution in [0.5, 0.6) is 5.75 Å². The summed E-state index contributed by atoms with van der Waals surface area (Å²) in [4.78, 5) is 22.4. The van der Waals surface area contributed by atoms with E-state index in [2.05, 4.69) is 20.7 Å². The third-order valence-electron chi connectivity index (χ3n) is 2.10. The number of nitrogens with two attached hydrogens (primary N) is 1. The Labute approximate surface area is 113 Å². The van der Waals surface area contributed by atoms with Crippen molar-refractivity contribution in [2.75, 3.05) is 13.3 Å². The molecule has 5 nitrogen and oxygen atoms in total. The minimum atomic E-state index is -0.535. The Morgan fingerprint density at radius 2 is 1.94 bits per heavy atom. The number of carbonyl (C=O) groups is 2. The van der Waals surface area contributed by atoms with Crippen LogP contribution in [-0.2, 0) is 9.53 Å². The molecule has 0 spiro atoms. The molecular weight excluding hydrogens is 302 g/mol. The highest BCUT2D eigenvalue weighted by Crippen LogP contribution is 2.15. The number of benzene rings is 1. The number of rotatable bonds is 6. The first-order valence-corrected chi connectivity index (χ1v) is 6.23. The molecular formula is C12H14BrNO4. The van der Waals surface area contributed by atoms with Gasteiger partial charge in [0.2, 0.25) is 0 Å². The Balaban J connectivity index is 2.55. The zero-order valence-corrected chi connectivity index (χ0v) is 11.5. The van der Waals surface area contributed by atoms with Crippen molar-refractivity contribution >= 4 is 27.7 Å². The molecule has 6 heteroatoms. The van der Waals surface area contributed by atoms with Crippen molar-refractivity contribution in [3.63, 3.8) is 0 Å². The van der Waals surface area contributed by atoms with Crippen LogP contribution in [0.25, 0.3) is 0 Å². The van der Waals surface area contributed by atoms with Crippen LogP contribution in [0.15, 0.2) is 24.3 Å². The molecule has 1 aromatic rings. The molecule has 2 N–H and O–H groups in total. The number of alkyl halides is 1. The van der Waals surface area contributed by atoms with Gasteiger partial charge < -0.3 is 9.47 Å². The molecule has 98 valence electrons. The molecule has 0 radical (unpaired) electrons. The summed E-state index contributed by atoms with van der Waals surface area (Å²) in [5, 5.41) is 0. The van der Waals surface area contributed by atoms with E-state index in [0.29, 0.717) is 11.3 Å². The van der Waals surface area contributed by atoms with E-state index in [0.717, 1.165) is 0 Å². The molecule has 0 aliphatic heterocycles. The number of Topliss-reactive ketones (excluding diaryl/α,β-unsaturated/α-hetero) is 1. The lowest BCUT2D eigenvalue weighted by atomic mass is 10.1. The van der Waals surface area contributed by atoms with Gasteiger partial charge in [0.1, 0.15) is 12.5 Å². The predicted octanol–water partition coefficient (Wildman–Crippen LogP) is 1.49. The third kappa shape index (κ3) is 4.46. The molecule has 0 amide bonds. The lowest BCUT2D eigenvalue weighted by molar-refractivity contribution is -0.145. The number of esters is 1. The van der Waals surface area contributed by atoms with Crippen molar-refractivity contribution in [3.05, 3.63) is 29.8 Å². The molecule has 0 saturated carbocycles. The predicted molar refractivity (Wildman–Crippen MR) is 69.8 cm³/mol. The normalized spacial score (nSPS) is 11.7. The van der Waals surface area contributed by atoms with E-state index >= 15 is 0 Å². The van der Waals surface area contributed by atoms with Crippen LogP contribution in [-0.4, -0.2) is 29.9 Å². The quantitative estimate of drug-likeness (QED) is 0.372. The molecule has 1 atom stereocenters.